The van der Waals surface area contributed by atoms with Gasteiger partial charge in [0.25, 0.3) is 5.56 Å². The molecule has 32 heavy (non-hydrogen) atoms. The Hall–Kier alpha value is -4.34. The van der Waals surface area contributed by atoms with E-state index in [1.807, 2.05) is 12.1 Å². The SMILES string of the molecule is COc1cc(Nc2nc(-c3cnc(N)nc3)cc3ccn(C)c(=O)c23)cc(OC)c1OC. The standard InChI is InChI=1S/C22H22N6O4/c1-28-6-5-12-7-15(13-10-24-22(23)25-11-13)27-20(18(12)21(28)29)26-14-8-16(30-2)19(32-4)17(9-14)31-3/h5-11H,1-4H3,(H,26,27)(H2,23,24,25). The summed E-state index contributed by atoms with van der Waals surface area (Å²) in [5.74, 6) is 1.93. The van der Waals surface area contributed by atoms with Crippen LogP contribution >= 0.6 is 0 Å². The largest absolute Gasteiger partial charge is 0.493 e. The molecule has 4 aromatic rings. The van der Waals surface area contributed by atoms with Gasteiger partial charge in [-0.2, -0.15) is 0 Å². The Bertz CT molecular complexity index is 1330. The quantitative estimate of drug-likeness (QED) is 0.471. The fraction of sp³-hybridized carbons (Fsp3) is 0.182. The second-order valence-corrected chi connectivity index (χ2v) is 6.92. The molecule has 3 heterocycles. The van der Waals surface area contributed by atoms with Gasteiger partial charge in [-0.1, -0.05) is 0 Å². The Kier molecular flexibility index (Phi) is 5.50. The van der Waals surface area contributed by atoms with E-state index in [2.05, 4.69) is 15.3 Å². The fourth-order valence-corrected chi connectivity index (χ4v) is 3.36. The third-order valence-electron chi connectivity index (χ3n) is 4.96. The van der Waals surface area contributed by atoms with Crippen molar-refractivity contribution in [3.05, 3.63) is 53.2 Å². The molecule has 0 spiro atoms. The van der Waals surface area contributed by atoms with Gasteiger partial charge in [-0.15, -0.1) is 0 Å². The second-order valence-electron chi connectivity index (χ2n) is 6.92. The molecule has 0 aliphatic rings. The first-order valence-electron chi connectivity index (χ1n) is 9.60. The van der Waals surface area contributed by atoms with Crippen molar-refractivity contribution in [2.75, 3.05) is 32.4 Å². The molecule has 0 aliphatic heterocycles. The number of aryl methyl sites for hydroxylation is 1. The van der Waals surface area contributed by atoms with Crippen LogP contribution in [0.4, 0.5) is 17.5 Å². The number of methoxy groups -OCH3 is 3. The molecular formula is C22H22N6O4. The Morgan fingerprint density at radius 3 is 2.25 bits per heavy atom. The van der Waals surface area contributed by atoms with Crippen LogP contribution in [0.2, 0.25) is 0 Å². The molecule has 164 valence electrons. The Balaban J connectivity index is 1.92. The van der Waals surface area contributed by atoms with E-state index in [1.165, 1.54) is 25.9 Å². The zero-order chi connectivity index (χ0) is 22.8. The number of hydrogen-bond donors (Lipinski definition) is 2. The molecule has 0 unspecified atom stereocenters. The van der Waals surface area contributed by atoms with Gasteiger partial charge in [-0.25, -0.2) is 15.0 Å². The molecule has 0 atom stereocenters. The molecular weight excluding hydrogens is 412 g/mol. The third-order valence-corrected chi connectivity index (χ3v) is 4.96. The lowest BCUT2D eigenvalue weighted by Crippen LogP contribution is -2.17. The predicted molar refractivity (Wildman–Crippen MR) is 122 cm³/mol. The van der Waals surface area contributed by atoms with Crippen molar-refractivity contribution in [1.29, 1.82) is 0 Å². The average Bonchev–Trinajstić information content (AvgIpc) is 2.81. The van der Waals surface area contributed by atoms with Crippen LogP contribution in [0.25, 0.3) is 22.0 Å². The van der Waals surface area contributed by atoms with Gasteiger partial charge in [0.05, 0.1) is 32.4 Å². The number of nitrogens with zero attached hydrogens (tertiary/aromatic N) is 4. The molecule has 0 radical (unpaired) electrons. The van der Waals surface area contributed by atoms with Crippen molar-refractivity contribution in [2.45, 2.75) is 0 Å². The summed E-state index contributed by atoms with van der Waals surface area (Å²) in [6.45, 7) is 0. The molecule has 4 rings (SSSR count). The third kappa shape index (κ3) is 3.73. The number of fused-ring (bicyclic) bond motifs is 1. The van der Waals surface area contributed by atoms with Crippen molar-refractivity contribution in [1.82, 2.24) is 19.5 Å². The van der Waals surface area contributed by atoms with Gasteiger partial charge < -0.3 is 29.8 Å². The number of nitrogens with two attached hydrogens (primary N) is 1. The van der Waals surface area contributed by atoms with Gasteiger partial charge in [-0.05, 0) is 17.5 Å². The van der Waals surface area contributed by atoms with Gasteiger partial charge in [0.15, 0.2) is 11.5 Å². The number of nitrogen functional groups attached to an aromatic ring is 1. The molecule has 0 saturated heterocycles. The summed E-state index contributed by atoms with van der Waals surface area (Å²) in [7, 11) is 6.29. The number of nitrogens with one attached hydrogen (secondary N) is 1. The number of pyridine rings is 2. The molecule has 0 fully saturated rings. The number of ether oxygens (including phenoxy) is 3. The summed E-state index contributed by atoms with van der Waals surface area (Å²) in [5, 5.41) is 4.38. The van der Waals surface area contributed by atoms with Crippen LogP contribution in [0.5, 0.6) is 17.2 Å². The second kappa shape index (κ2) is 8.42. The van der Waals surface area contributed by atoms with E-state index >= 15 is 0 Å². The maximum atomic E-state index is 13.0. The summed E-state index contributed by atoms with van der Waals surface area (Å²) in [6, 6.07) is 7.13. The van der Waals surface area contributed by atoms with Crippen molar-refractivity contribution in [3.63, 3.8) is 0 Å². The van der Waals surface area contributed by atoms with Gasteiger partial charge in [0.2, 0.25) is 11.7 Å². The number of anilines is 3. The molecule has 0 aliphatic carbocycles. The molecule has 1 aromatic carbocycles. The van der Waals surface area contributed by atoms with Gasteiger partial charge >= 0.3 is 0 Å². The molecule has 0 saturated carbocycles. The minimum atomic E-state index is -0.190. The smallest absolute Gasteiger partial charge is 0.261 e. The number of aromatic nitrogens is 4. The first-order chi connectivity index (χ1) is 15.4. The van der Waals surface area contributed by atoms with Crippen LogP contribution < -0.4 is 30.8 Å². The molecule has 0 amide bonds. The number of benzene rings is 1. The fourth-order valence-electron chi connectivity index (χ4n) is 3.36. The van der Waals surface area contributed by atoms with E-state index in [1.54, 1.807) is 37.8 Å². The lowest BCUT2D eigenvalue weighted by Gasteiger charge is -2.16. The highest BCUT2D eigenvalue weighted by Gasteiger charge is 2.17. The number of rotatable bonds is 6. The Morgan fingerprint density at radius 2 is 1.66 bits per heavy atom. The molecule has 10 heteroatoms. The van der Waals surface area contributed by atoms with E-state index in [0.29, 0.717) is 50.8 Å². The molecule has 3 N–H and O–H groups in total. The Labute approximate surface area is 183 Å². The van der Waals surface area contributed by atoms with Gasteiger partial charge in [0.1, 0.15) is 5.82 Å². The highest BCUT2D eigenvalue weighted by Crippen LogP contribution is 2.41. The minimum absolute atomic E-state index is 0.166. The van der Waals surface area contributed by atoms with Crippen molar-refractivity contribution in [2.24, 2.45) is 7.05 Å². The van der Waals surface area contributed by atoms with Crippen LogP contribution in [-0.2, 0) is 7.05 Å². The van der Waals surface area contributed by atoms with Gasteiger partial charge in [-0.3, -0.25) is 4.79 Å². The van der Waals surface area contributed by atoms with Crippen molar-refractivity contribution >= 4 is 28.2 Å². The first kappa shape index (κ1) is 20.9. The minimum Gasteiger partial charge on any atom is -0.493 e. The monoisotopic (exact) mass is 434 g/mol. The summed E-state index contributed by atoms with van der Waals surface area (Å²) < 4.78 is 17.7. The first-order valence-corrected chi connectivity index (χ1v) is 9.60. The topological polar surface area (TPSA) is 126 Å². The molecule has 3 aromatic heterocycles. The van der Waals surface area contributed by atoms with Crippen molar-refractivity contribution < 1.29 is 14.2 Å². The van der Waals surface area contributed by atoms with E-state index in [4.69, 9.17) is 24.9 Å². The summed E-state index contributed by atoms with van der Waals surface area (Å²) >= 11 is 0. The average molecular weight is 434 g/mol. The highest BCUT2D eigenvalue weighted by molar-refractivity contribution is 5.95. The zero-order valence-electron chi connectivity index (χ0n) is 18.0. The lowest BCUT2D eigenvalue weighted by atomic mass is 10.1. The van der Waals surface area contributed by atoms with E-state index < -0.39 is 0 Å². The molecule has 10 nitrogen and oxygen atoms in total. The van der Waals surface area contributed by atoms with Crippen LogP contribution in [-0.4, -0.2) is 40.8 Å². The maximum Gasteiger partial charge on any atom is 0.261 e. The maximum absolute atomic E-state index is 13.0. The zero-order valence-corrected chi connectivity index (χ0v) is 18.0. The van der Waals surface area contributed by atoms with E-state index in [-0.39, 0.29) is 11.5 Å². The van der Waals surface area contributed by atoms with Crippen LogP contribution in [0.3, 0.4) is 0 Å². The summed E-state index contributed by atoms with van der Waals surface area (Å²) in [4.78, 5) is 25.7. The predicted octanol–water partition coefficient (Wildman–Crippen LogP) is 2.74. The van der Waals surface area contributed by atoms with E-state index in [9.17, 15) is 4.79 Å². The molecule has 0 bridgehead atoms. The number of hydrogen-bond acceptors (Lipinski definition) is 9. The van der Waals surface area contributed by atoms with Gasteiger partial charge in [0, 0.05) is 49.0 Å². The Morgan fingerprint density at radius 1 is 1.00 bits per heavy atom. The van der Waals surface area contributed by atoms with Crippen molar-refractivity contribution in [3.8, 4) is 28.5 Å². The normalized spacial score (nSPS) is 10.8. The van der Waals surface area contributed by atoms with Crippen LogP contribution in [0.1, 0.15) is 0 Å². The summed E-state index contributed by atoms with van der Waals surface area (Å²) in [6.07, 6.45) is 4.87. The lowest BCUT2D eigenvalue weighted by molar-refractivity contribution is 0.324. The van der Waals surface area contributed by atoms with E-state index in [0.717, 1.165) is 0 Å². The van der Waals surface area contributed by atoms with Crippen LogP contribution in [0, 0.1) is 0 Å². The van der Waals surface area contributed by atoms with Crippen LogP contribution in [0.15, 0.2) is 47.7 Å². The summed E-state index contributed by atoms with van der Waals surface area (Å²) in [5.41, 5.74) is 7.27. The highest BCUT2D eigenvalue weighted by atomic mass is 16.5.